The molecule has 0 N–H and O–H groups in total. The number of hydrogen-bond donors (Lipinski definition) is 0. The summed E-state index contributed by atoms with van der Waals surface area (Å²) in [5, 5.41) is 0. The summed E-state index contributed by atoms with van der Waals surface area (Å²) in [6.45, 7) is 7.85. The minimum absolute atomic E-state index is 0.116. The fourth-order valence-corrected chi connectivity index (χ4v) is 2.80. The lowest BCUT2D eigenvalue weighted by Gasteiger charge is -2.19. The van der Waals surface area contributed by atoms with E-state index in [1.165, 1.54) is 11.6 Å². The molecule has 6 heteroatoms. The Bertz CT molecular complexity index is 791. The molecule has 3 rings (SSSR count). The maximum atomic E-state index is 11.6. The van der Waals surface area contributed by atoms with Gasteiger partial charge in [-0.3, -0.25) is 9.36 Å². The summed E-state index contributed by atoms with van der Waals surface area (Å²) in [5.74, 6) is 0.798. The molecule has 1 aromatic heterocycles. The standard InChI is InChI=1S/C19H24N2O4/c1-19(2,3)13-5-7-15(8-6-13)24-12-16-10-21-14(11-23-4)9-17(22)20-18(21)25-16/h5-9,16H,10-12H2,1-4H3. The highest BCUT2D eigenvalue weighted by Crippen LogP contribution is 2.25. The Morgan fingerprint density at radius 2 is 2.00 bits per heavy atom. The van der Waals surface area contributed by atoms with Gasteiger partial charge >= 0.3 is 6.01 Å². The van der Waals surface area contributed by atoms with Gasteiger partial charge in [-0.2, -0.15) is 4.98 Å². The van der Waals surface area contributed by atoms with E-state index in [-0.39, 0.29) is 17.1 Å². The second-order valence-electron chi connectivity index (χ2n) is 7.24. The lowest BCUT2D eigenvalue weighted by atomic mass is 9.87. The third kappa shape index (κ3) is 4.02. The quantitative estimate of drug-likeness (QED) is 0.834. The van der Waals surface area contributed by atoms with Gasteiger partial charge in [0, 0.05) is 13.2 Å². The van der Waals surface area contributed by atoms with E-state index in [0.717, 1.165) is 11.4 Å². The highest BCUT2D eigenvalue weighted by Gasteiger charge is 2.26. The molecule has 134 valence electrons. The molecule has 1 unspecified atom stereocenters. The summed E-state index contributed by atoms with van der Waals surface area (Å²) < 4.78 is 18.6. The second-order valence-corrected chi connectivity index (χ2v) is 7.24. The molecule has 1 aliphatic rings. The topological polar surface area (TPSA) is 62.6 Å². The van der Waals surface area contributed by atoms with Gasteiger partial charge in [0.15, 0.2) is 6.10 Å². The van der Waals surface area contributed by atoms with Crippen molar-refractivity contribution >= 4 is 0 Å². The molecule has 0 amide bonds. The van der Waals surface area contributed by atoms with Crippen LogP contribution in [0.3, 0.4) is 0 Å². The van der Waals surface area contributed by atoms with Crippen molar-refractivity contribution < 1.29 is 14.2 Å². The summed E-state index contributed by atoms with van der Waals surface area (Å²) in [6.07, 6.45) is -0.188. The van der Waals surface area contributed by atoms with Crippen LogP contribution in [0.2, 0.25) is 0 Å². The molecule has 0 saturated carbocycles. The van der Waals surface area contributed by atoms with E-state index in [0.29, 0.717) is 25.8 Å². The minimum Gasteiger partial charge on any atom is -0.490 e. The van der Waals surface area contributed by atoms with Gasteiger partial charge in [-0.1, -0.05) is 32.9 Å². The molecule has 1 aliphatic heterocycles. The molecular formula is C19H24N2O4. The molecule has 0 radical (unpaired) electrons. The van der Waals surface area contributed by atoms with E-state index in [4.69, 9.17) is 14.2 Å². The first-order valence-corrected chi connectivity index (χ1v) is 8.36. The third-order valence-corrected chi connectivity index (χ3v) is 4.18. The van der Waals surface area contributed by atoms with E-state index in [1.54, 1.807) is 7.11 Å². The van der Waals surface area contributed by atoms with E-state index >= 15 is 0 Å². The zero-order valence-corrected chi connectivity index (χ0v) is 15.1. The van der Waals surface area contributed by atoms with Gasteiger partial charge < -0.3 is 14.2 Å². The average molecular weight is 344 g/mol. The summed E-state index contributed by atoms with van der Waals surface area (Å²) in [7, 11) is 1.59. The van der Waals surface area contributed by atoms with Gasteiger partial charge in [-0.25, -0.2) is 0 Å². The number of hydrogen-bond acceptors (Lipinski definition) is 5. The van der Waals surface area contributed by atoms with Gasteiger partial charge in [0.05, 0.1) is 18.8 Å². The number of ether oxygens (including phenoxy) is 3. The molecule has 0 aliphatic carbocycles. The molecule has 0 fully saturated rings. The van der Waals surface area contributed by atoms with E-state index in [2.05, 4.69) is 37.9 Å². The fraction of sp³-hybridized carbons (Fsp3) is 0.474. The van der Waals surface area contributed by atoms with Gasteiger partial charge in [0.2, 0.25) is 0 Å². The van der Waals surface area contributed by atoms with E-state index in [9.17, 15) is 4.79 Å². The van der Waals surface area contributed by atoms with Crippen molar-refractivity contribution in [3.05, 3.63) is 51.9 Å². The number of nitrogens with zero attached hydrogens (tertiary/aromatic N) is 2. The molecule has 2 aromatic rings. The van der Waals surface area contributed by atoms with Gasteiger partial charge in [0.1, 0.15) is 12.4 Å². The molecule has 1 aromatic carbocycles. The number of fused-ring (bicyclic) bond motifs is 1. The SMILES string of the molecule is COCc1cc(=O)nc2n1CC(COc1ccc(C(C)(C)C)cc1)O2. The van der Waals surface area contributed by atoms with Crippen LogP contribution in [0.4, 0.5) is 0 Å². The van der Waals surface area contributed by atoms with Crippen molar-refractivity contribution in [2.24, 2.45) is 0 Å². The summed E-state index contributed by atoms with van der Waals surface area (Å²) in [6, 6.07) is 9.91. The molecule has 0 saturated heterocycles. The Labute approximate surface area is 147 Å². The third-order valence-electron chi connectivity index (χ3n) is 4.18. The zero-order valence-electron chi connectivity index (χ0n) is 15.1. The Balaban J connectivity index is 1.64. The first kappa shape index (κ1) is 17.5. The van der Waals surface area contributed by atoms with Crippen LogP contribution in [0.15, 0.2) is 35.1 Å². The van der Waals surface area contributed by atoms with Crippen molar-refractivity contribution in [2.45, 2.75) is 45.4 Å². The smallest absolute Gasteiger partial charge is 0.300 e. The van der Waals surface area contributed by atoms with Crippen LogP contribution in [0.5, 0.6) is 11.8 Å². The van der Waals surface area contributed by atoms with Crippen molar-refractivity contribution in [3.8, 4) is 11.8 Å². The lowest BCUT2D eigenvalue weighted by molar-refractivity contribution is 0.143. The van der Waals surface area contributed by atoms with Gasteiger partial charge in [-0.15, -0.1) is 0 Å². The van der Waals surface area contributed by atoms with Gasteiger partial charge in [-0.05, 0) is 23.1 Å². The average Bonchev–Trinajstić information content (AvgIpc) is 2.96. The van der Waals surface area contributed by atoms with Crippen LogP contribution < -0.4 is 15.0 Å². The highest BCUT2D eigenvalue weighted by atomic mass is 16.6. The zero-order chi connectivity index (χ0) is 18.0. The first-order chi connectivity index (χ1) is 11.9. The van der Waals surface area contributed by atoms with Crippen molar-refractivity contribution in [1.29, 1.82) is 0 Å². The minimum atomic E-state index is -0.322. The predicted octanol–water partition coefficient (Wildman–Crippen LogP) is 2.53. The Hall–Kier alpha value is -2.34. The van der Waals surface area contributed by atoms with Crippen LogP contribution in [0, 0.1) is 0 Å². The van der Waals surface area contributed by atoms with Crippen LogP contribution >= 0.6 is 0 Å². The Morgan fingerprint density at radius 1 is 1.28 bits per heavy atom. The van der Waals surface area contributed by atoms with Crippen LogP contribution in [0.25, 0.3) is 0 Å². The maximum absolute atomic E-state index is 11.6. The number of benzene rings is 1. The lowest BCUT2D eigenvalue weighted by Crippen LogP contribution is -2.23. The monoisotopic (exact) mass is 344 g/mol. The summed E-state index contributed by atoms with van der Waals surface area (Å²) in [5.41, 5.74) is 1.81. The Kier molecular flexibility index (Phi) is 4.81. The highest BCUT2D eigenvalue weighted by molar-refractivity contribution is 5.31. The maximum Gasteiger partial charge on any atom is 0.300 e. The summed E-state index contributed by atoms with van der Waals surface area (Å²) in [4.78, 5) is 15.5. The van der Waals surface area contributed by atoms with Crippen LogP contribution in [0.1, 0.15) is 32.0 Å². The molecule has 0 bridgehead atoms. The fourth-order valence-electron chi connectivity index (χ4n) is 2.80. The molecule has 2 heterocycles. The second kappa shape index (κ2) is 6.88. The predicted molar refractivity (Wildman–Crippen MR) is 94.3 cm³/mol. The molecule has 6 nitrogen and oxygen atoms in total. The van der Waals surface area contributed by atoms with Crippen molar-refractivity contribution in [1.82, 2.24) is 9.55 Å². The first-order valence-electron chi connectivity index (χ1n) is 8.36. The van der Waals surface area contributed by atoms with Gasteiger partial charge in [0.25, 0.3) is 5.56 Å². The molecule has 25 heavy (non-hydrogen) atoms. The van der Waals surface area contributed by atoms with Crippen LogP contribution in [-0.2, 0) is 23.3 Å². The number of aromatic nitrogens is 2. The normalized spacial score (nSPS) is 16.4. The van der Waals surface area contributed by atoms with Crippen molar-refractivity contribution in [2.75, 3.05) is 13.7 Å². The number of rotatable bonds is 5. The largest absolute Gasteiger partial charge is 0.490 e. The van der Waals surface area contributed by atoms with E-state index in [1.807, 2.05) is 16.7 Å². The van der Waals surface area contributed by atoms with Crippen LogP contribution in [-0.4, -0.2) is 29.4 Å². The molecular weight excluding hydrogens is 320 g/mol. The van der Waals surface area contributed by atoms with E-state index < -0.39 is 0 Å². The molecule has 1 atom stereocenters. The number of methoxy groups -OCH3 is 1. The molecule has 0 spiro atoms. The Morgan fingerprint density at radius 3 is 2.64 bits per heavy atom. The van der Waals surface area contributed by atoms with Crippen molar-refractivity contribution in [3.63, 3.8) is 0 Å². The summed E-state index contributed by atoms with van der Waals surface area (Å²) >= 11 is 0.